The van der Waals surface area contributed by atoms with Crippen LogP contribution in [0.25, 0.3) is 0 Å². The summed E-state index contributed by atoms with van der Waals surface area (Å²) in [4.78, 5) is 66.5. The van der Waals surface area contributed by atoms with Crippen LogP contribution in [0.1, 0.15) is 63.9 Å². The topological polar surface area (TPSA) is 134 Å². The number of benzene rings is 1. The Morgan fingerprint density at radius 2 is 1.95 bits per heavy atom. The van der Waals surface area contributed by atoms with Gasteiger partial charge in [-0.25, -0.2) is 4.79 Å². The van der Waals surface area contributed by atoms with Gasteiger partial charge in [0.1, 0.15) is 18.6 Å². The third kappa shape index (κ3) is 11.4. The van der Waals surface area contributed by atoms with Crippen LogP contribution < -0.4 is 10.6 Å². The fraction of sp³-hybridized carbons (Fsp3) is 0.556. The minimum absolute atomic E-state index is 0.000439. The van der Waals surface area contributed by atoms with E-state index in [0.29, 0.717) is 23.4 Å². The molecule has 0 aromatic heterocycles. The quantitative estimate of drug-likeness (QED) is 0.286. The summed E-state index contributed by atoms with van der Waals surface area (Å²) in [6, 6.07) is 5.90. The predicted molar refractivity (Wildman–Crippen MR) is 144 cm³/mol. The van der Waals surface area contributed by atoms with Crippen molar-refractivity contribution in [3.63, 3.8) is 0 Å². The summed E-state index contributed by atoms with van der Waals surface area (Å²) in [5.74, 6) is -1.06. The van der Waals surface area contributed by atoms with Gasteiger partial charge in [0.15, 0.2) is 0 Å². The third-order valence-electron chi connectivity index (χ3n) is 6.28. The lowest BCUT2D eigenvalue weighted by Crippen LogP contribution is -2.42. The zero-order valence-corrected chi connectivity index (χ0v) is 22.8. The first-order valence-electron chi connectivity index (χ1n) is 13.0. The molecule has 0 bridgehead atoms. The number of aliphatic imine (C=N–C) groups is 1. The van der Waals surface area contributed by atoms with Crippen molar-refractivity contribution in [2.24, 2.45) is 10.9 Å². The van der Waals surface area contributed by atoms with Crippen molar-refractivity contribution in [1.82, 2.24) is 15.5 Å². The molecule has 0 heterocycles. The Balaban J connectivity index is 2.00. The van der Waals surface area contributed by atoms with Gasteiger partial charge in [0.2, 0.25) is 11.8 Å². The van der Waals surface area contributed by atoms with Crippen LogP contribution >= 0.6 is 11.6 Å². The SMILES string of the molecule is CCNC(=O)CN(C)C(=O)CC[C@@H](C=O)NC(=O)/C(CC1CCCCC1)=N/C(=O)OCc1cccc(Cl)c1. The standard InChI is InChI=1S/C27H37ClN4O6/c1-3-29-24(34)16-32(2)25(35)13-12-22(17-33)30-26(36)23(15-19-8-5-4-6-9-19)31-27(37)38-18-20-10-7-11-21(28)14-20/h7,10-11,14,17,19,22H,3-6,8-9,12-13,15-16,18H2,1-2H3,(H,29,34)(H,30,36)/b31-23+/t22-/m0/s1. The summed E-state index contributed by atoms with van der Waals surface area (Å²) in [5.41, 5.74) is 0.682. The maximum atomic E-state index is 13.1. The number of carbonyl (C=O) groups excluding carboxylic acids is 5. The molecule has 1 fully saturated rings. The van der Waals surface area contributed by atoms with Crippen molar-refractivity contribution < 1.29 is 28.7 Å². The molecule has 208 valence electrons. The molecule has 38 heavy (non-hydrogen) atoms. The fourth-order valence-corrected chi connectivity index (χ4v) is 4.43. The zero-order valence-electron chi connectivity index (χ0n) is 22.0. The first-order chi connectivity index (χ1) is 18.2. The lowest BCUT2D eigenvalue weighted by Gasteiger charge is -2.22. The van der Waals surface area contributed by atoms with Gasteiger partial charge in [0.05, 0.1) is 12.6 Å². The number of rotatable bonds is 13. The number of hydrogen-bond acceptors (Lipinski definition) is 6. The second-order valence-electron chi connectivity index (χ2n) is 9.41. The molecule has 0 aliphatic heterocycles. The van der Waals surface area contributed by atoms with Crippen LogP contribution in [-0.4, -0.2) is 66.9 Å². The van der Waals surface area contributed by atoms with E-state index in [1.807, 2.05) is 0 Å². The number of hydrogen-bond donors (Lipinski definition) is 2. The van der Waals surface area contributed by atoms with Crippen LogP contribution in [0.5, 0.6) is 0 Å². The molecule has 1 aromatic rings. The molecule has 1 saturated carbocycles. The summed E-state index contributed by atoms with van der Waals surface area (Å²) in [5, 5.41) is 5.71. The highest BCUT2D eigenvalue weighted by atomic mass is 35.5. The van der Waals surface area contributed by atoms with Crippen LogP contribution in [-0.2, 0) is 30.5 Å². The molecule has 0 radical (unpaired) electrons. The molecule has 2 rings (SSSR count). The average Bonchev–Trinajstić information content (AvgIpc) is 2.89. The van der Waals surface area contributed by atoms with Crippen molar-refractivity contribution >= 4 is 47.4 Å². The van der Waals surface area contributed by atoms with E-state index in [4.69, 9.17) is 16.3 Å². The summed E-state index contributed by atoms with van der Waals surface area (Å²) in [6.45, 7) is 2.09. The highest BCUT2D eigenvalue weighted by molar-refractivity contribution is 6.40. The monoisotopic (exact) mass is 548 g/mol. The lowest BCUT2D eigenvalue weighted by atomic mass is 9.85. The molecule has 1 aliphatic carbocycles. The molecule has 10 nitrogen and oxygen atoms in total. The van der Waals surface area contributed by atoms with Gasteiger partial charge in [-0.3, -0.25) is 14.4 Å². The normalized spacial score (nSPS) is 14.8. The summed E-state index contributed by atoms with van der Waals surface area (Å²) in [6.07, 6.45) is 5.00. The van der Waals surface area contributed by atoms with E-state index in [2.05, 4.69) is 15.6 Å². The first-order valence-corrected chi connectivity index (χ1v) is 13.3. The smallest absolute Gasteiger partial charge is 0.434 e. The van der Waals surface area contributed by atoms with E-state index in [-0.39, 0.29) is 55.9 Å². The second kappa shape index (κ2) is 16.5. The molecular formula is C27H37ClN4O6. The van der Waals surface area contributed by atoms with Gasteiger partial charge in [-0.05, 0) is 43.4 Å². The fourth-order valence-electron chi connectivity index (χ4n) is 4.22. The third-order valence-corrected chi connectivity index (χ3v) is 6.51. The summed E-state index contributed by atoms with van der Waals surface area (Å²) < 4.78 is 5.22. The molecule has 0 saturated heterocycles. The molecule has 2 N–H and O–H groups in total. The number of likely N-dealkylation sites (N-methyl/N-ethyl adjacent to an activating group) is 2. The van der Waals surface area contributed by atoms with Gasteiger partial charge in [-0.1, -0.05) is 55.8 Å². The molecule has 11 heteroatoms. The van der Waals surface area contributed by atoms with Gasteiger partial charge in [0, 0.05) is 25.0 Å². The second-order valence-corrected chi connectivity index (χ2v) is 9.85. The highest BCUT2D eigenvalue weighted by Gasteiger charge is 2.24. The van der Waals surface area contributed by atoms with Crippen molar-refractivity contribution in [2.45, 2.75) is 70.9 Å². The number of aldehydes is 1. The Morgan fingerprint density at radius 3 is 2.61 bits per heavy atom. The van der Waals surface area contributed by atoms with Crippen LogP contribution in [0.2, 0.25) is 5.02 Å². The Hall–Kier alpha value is -3.27. The number of nitrogens with zero attached hydrogens (tertiary/aromatic N) is 2. The molecule has 1 aliphatic rings. The van der Waals surface area contributed by atoms with Crippen LogP contribution in [0.4, 0.5) is 4.79 Å². The number of amides is 4. The minimum Gasteiger partial charge on any atom is -0.443 e. The number of halogens is 1. The Kier molecular flexibility index (Phi) is 13.5. The van der Waals surface area contributed by atoms with E-state index in [0.717, 1.165) is 32.1 Å². The van der Waals surface area contributed by atoms with E-state index < -0.39 is 18.0 Å². The number of ether oxygens (including phenoxy) is 1. The van der Waals surface area contributed by atoms with Gasteiger partial charge in [-0.2, -0.15) is 4.99 Å². The van der Waals surface area contributed by atoms with E-state index in [1.54, 1.807) is 31.2 Å². The van der Waals surface area contributed by atoms with Crippen LogP contribution in [0, 0.1) is 5.92 Å². The van der Waals surface area contributed by atoms with Crippen LogP contribution in [0.3, 0.4) is 0 Å². The minimum atomic E-state index is -0.955. The van der Waals surface area contributed by atoms with Gasteiger partial charge in [-0.15, -0.1) is 0 Å². The van der Waals surface area contributed by atoms with Gasteiger partial charge < -0.3 is 25.1 Å². The average molecular weight is 549 g/mol. The van der Waals surface area contributed by atoms with Gasteiger partial charge in [0.25, 0.3) is 5.91 Å². The maximum Gasteiger partial charge on any atom is 0.434 e. The predicted octanol–water partition coefficient (Wildman–Crippen LogP) is 3.45. The largest absolute Gasteiger partial charge is 0.443 e. The Labute approximate surface area is 228 Å². The van der Waals surface area contributed by atoms with Crippen LogP contribution in [0.15, 0.2) is 29.3 Å². The number of nitrogens with one attached hydrogen (secondary N) is 2. The molecule has 0 unspecified atom stereocenters. The Bertz CT molecular complexity index is 1010. The van der Waals surface area contributed by atoms with Crippen molar-refractivity contribution in [3.05, 3.63) is 34.9 Å². The lowest BCUT2D eigenvalue weighted by molar-refractivity contribution is -0.135. The van der Waals surface area contributed by atoms with Crippen molar-refractivity contribution in [3.8, 4) is 0 Å². The molecular weight excluding hydrogens is 512 g/mol. The van der Waals surface area contributed by atoms with Gasteiger partial charge >= 0.3 is 6.09 Å². The summed E-state index contributed by atoms with van der Waals surface area (Å²) >= 11 is 5.96. The zero-order chi connectivity index (χ0) is 27.9. The number of carbonyl (C=O) groups is 5. The Morgan fingerprint density at radius 1 is 1.21 bits per heavy atom. The first kappa shape index (κ1) is 31.0. The molecule has 1 atom stereocenters. The molecule has 1 aromatic carbocycles. The molecule has 4 amide bonds. The summed E-state index contributed by atoms with van der Waals surface area (Å²) in [7, 11) is 1.50. The van der Waals surface area contributed by atoms with E-state index in [9.17, 15) is 24.0 Å². The van der Waals surface area contributed by atoms with E-state index >= 15 is 0 Å². The maximum absolute atomic E-state index is 13.1. The molecule has 0 spiro atoms. The highest BCUT2D eigenvalue weighted by Crippen LogP contribution is 2.27. The van der Waals surface area contributed by atoms with E-state index in [1.165, 1.54) is 11.9 Å². The van der Waals surface area contributed by atoms with Crippen molar-refractivity contribution in [2.75, 3.05) is 20.1 Å². The van der Waals surface area contributed by atoms with Crippen molar-refractivity contribution in [1.29, 1.82) is 0 Å².